The number of hydrogen-bond donors (Lipinski definition) is 1. The zero-order valence-electron chi connectivity index (χ0n) is 11.4. The van der Waals surface area contributed by atoms with Crippen LogP contribution < -0.4 is 5.76 Å². The van der Waals surface area contributed by atoms with Crippen molar-refractivity contribution in [2.45, 2.75) is 39.5 Å². The molecule has 0 bridgehead atoms. The minimum atomic E-state index is -0.488. The summed E-state index contributed by atoms with van der Waals surface area (Å²) in [6.45, 7) is 4.16. The molecule has 4 nitrogen and oxygen atoms in total. The molecule has 0 aliphatic heterocycles. The van der Waals surface area contributed by atoms with Gasteiger partial charge in [-0.3, -0.25) is 9.78 Å². The molecule has 0 fully saturated rings. The van der Waals surface area contributed by atoms with Crippen LogP contribution in [0, 0.1) is 5.92 Å². The molecular formula is C15H19NO3. The summed E-state index contributed by atoms with van der Waals surface area (Å²) < 4.78 is 4.99. The van der Waals surface area contributed by atoms with Crippen molar-refractivity contribution < 1.29 is 9.21 Å². The second-order valence-electron chi connectivity index (χ2n) is 4.84. The fraction of sp³-hybridized carbons (Fsp3) is 0.467. The lowest BCUT2D eigenvalue weighted by molar-refractivity contribution is 0.0908. The van der Waals surface area contributed by atoms with Gasteiger partial charge in [0.1, 0.15) is 0 Å². The van der Waals surface area contributed by atoms with Crippen molar-refractivity contribution in [2.24, 2.45) is 5.92 Å². The van der Waals surface area contributed by atoms with E-state index in [1.165, 1.54) is 0 Å². The van der Waals surface area contributed by atoms with Crippen LogP contribution in [-0.4, -0.2) is 10.8 Å². The van der Waals surface area contributed by atoms with Crippen LogP contribution >= 0.6 is 0 Å². The van der Waals surface area contributed by atoms with Crippen molar-refractivity contribution in [1.29, 1.82) is 0 Å². The van der Waals surface area contributed by atoms with Gasteiger partial charge in [0.25, 0.3) is 0 Å². The van der Waals surface area contributed by atoms with E-state index in [4.69, 9.17) is 4.42 Å². The molecule has 0 aliphatic carbocycles. The molecule has 1 N–H and O–H groups in total. The first-order chi connectivity index (χ1) is 9.15. The second-order valence-corrected chi connectivity index (χ2v) is 4.84. The first-order valence-electron chi connectivity index (χ1n) is 6.82. The van der Waals surface area contributed by atoms with Gasteiger partial charge in [-0.1, -0.05) is 26.7 Å². The van der Waals surface area contributed by atoms with Crippen LogP contribution in [0.3, 0.4) is 0 Å². The first kappa shape index (κ1) is 13.6. The number of aromatic amines is 1. The van der Waals surface area contributed by atoms with E-state index in [0.29, 0.717) is 16.7 Å². The molecule has 0 radical (unpaired) electrons. The Morgan fingerprint density at radius 1 is 1.37 bits per heavy atom. The Balaban J connectivity index is 2.26. The molecule has 0 amide bonds. The molecule has 0 saturated heterocycles. The Labute approximate surface area is 111 Å². The summed E-state index contributed by atoms with van der Waals surface area (Å²) >= 11 is 0. The third-order valence-corrected chi connectivity index (χ3v) is 3.48. The number of Topliss-reactive ketones (excluding diaryl/α,β-unsaturated/α-hetero) is 1. The normalized spacial score (nSPS) is 12.7. The van der Waals surface area contributed by atoms with Gasteiger partial charge < -0.3 is 4.42 Å². The maximum absolute atomic E-state index is 12.4. The molecule has 1 aromatic carbocycles. The lowest BCUT2D eigenvalue weighted by Crippen LogP contribution is -2.13. The quantitative estimate of drug-likeness (QED) is 0.809. The molecule has 2 aromatic rings. The molecule has 0 aliphatic rings. The Kier molecular flexibility index (Phi) is 4.20. The minimum absolute atomic E-state index is 0.0584. The van der Waals surface area contributed by atoms with Crippen molar-refractivity contribution in [3.05, 3.63) is 34.3 Å². The predicted molar refractivity (Wildman–Crippen MR) is 74.5 cm³/mol. The highest BCUT2D eigenvalue weighted by atomic mass is 16.4. The van der Waals surface area contributed by atoms with Crippen molar-refractivity contribution in [2.75, 3.05) is 0 Å². The van der Waals surface area contributed by atoms with Crippen molar-refractivity contribution in [1.82, 2.24) is 4.98 Å². The number of nitrogens with one attached hydrogen (secondary N) is 1. The third kappa shape index (κ3) is 2.95. The molecule has 0 saturated carbocycles. The third-order valence-electron chi connectivity index (χ3n) is 3.48. The number of H-pyrrole nitrogens is 1. The summed E-state index contributed by atoms with van der Waals surface area (Å²) in [4.78, 5) is 26.1. The van der Waals surface area contributed by atoms with Gasteiger partial charge in [0, 0.05) is 11.5 Å². The van der Waals surface area contributed by atoms with Crippen LogP contribution in [0.15, 0.2) is 27.4 Å². The van der Waals surface area contributed by atoms with E-state index >= 15 is 0 Å². The monoisotopic (exact) mass is 261 g/mol. The summed E-state index contributed by atoms with van der Waals surface area (Å²) in [5, 5.41) is 0. The number of carbonyl (C=O) groups excluding carboxylic acids is 1. The topological polar surface area (TPSA) is 63.1 Å². The highest BCUT2D eigenvalue weighted by Gasteiger charge is 2.18. The molecule has 2 rings (SSSR count). The fourth-order valence-electron chi connectivity index (χ4n) is 2.31. The first-order valence-corrected chi connectivity index (χ1v) is 6.82. The number of aromatic nitrogens is 1. The predicted octanol–water partition coefficient (Wildman–Crippen LogP) is 3.52. The Morgan fingerprint density at radius 2 is 2.16 bits per heavy atom. The van der Waals surface area contributed by atoms with Crippen LogP contribution in [0.25, 0.3) is 11.1 Å². The molecule has 19 heavy (non-hydrogen) atoms. The van der Waals surface area contributed by atoms with E-state index in [1.54, 1.807) is 18.2 Å². The summed E-state index contributed by atoms with van der Waals surface area (Å²) in [5.41, 5.74) is 1.70. The van der Waals surface area contributed by atoms with E-state index in [0.717, 1.165) is 25.7 Å². The van der Waals surface area contributed by atoms with Crippen molar-refractivity contribution in [3.8, 4) is 0 Å². The van der Waals surface area contributed by atoms with E-state index in [-0.39, 0.29) is 11.7 Å². The fourth-order valence-corrected chi connectivity index (χ4v) is 2.31. The zero-order valence-corrected chi connectivity index (χ0v) is 11.4. The summed E-state index contributed by atoms with van der Waals surface area (Å²) in [6, 6.07) is 5.13. The van der Waals surface area contributed by atoms with Crippen LogP contribution in [0.2, 0.25) is 0 Å². The number of oxazole rings is 1. The number of fused-ring (bicyclic) bond motifs is 1. The number of unbranched alkanes of at least 4 members (excludes halogenated alkanes) is 1. The second kappa shape index (κ2) is 5.87. The number of ketones is 1. The van der Waals surface area contributed by atoms with Gasteiger partial charge in [0.2, 0.25) is 0 Å². The molecule has 102 valence electrons. The van der Waals surface area contributed by atoms with E-state index < -0.39 is 5.76 Å². The van der Waals surface area contributed by atoms with Gasteiger partial charge in [0.15, 0.2) is 11.4 Å². The molecule has 1 unspecified atom stereocenters. The Morgan fingerprint density at radius 3 is 2.84 bits per heavy atom. The van der Waals surface area contributed by atoms with Gasteiger partial charge in [-0.05, 0) is 31.0 Å². The largest absolute Gasteiger partial charge is 0.417 e. The maximum atomic E-state index is 12.4. The average molecular weight is 261 g/mol. The standard InChI is InChI=1S/C15H19NO3/c1-3-5-6-10(4-2)14(17)11-7-8-12-13(9-11)19-15(18)16-12/h7-10H,3-6H2,1-2H3,(H,16,18). The zero-order chi connectivity index (χ0) is 13.8. The molecular weight excluding hydrogens is 242 g/mol. The average Bonchev–Trinajstić information content (AvgIpc) is 2.78. The number of benzene rings is 1. The SMILES string of the molecule is CCCCC(CC)C(=O)c1ccc2[nH]c(=O)oc2c1. The smallest absolute Gasteiger partial charge is 0.408 e. The molecule has 1 aromatic heterocycles. The van der Waals surface area contributed by atoms with Crippen molar-refractivity contribution in [3.63, 3.8) is 0 Å². The summed E-state index contributed by atoms with van der Waals surface area (Å²) in [5.74, 6) is -0.289. The molecule has 0 spiro atoms. The minimum Gasteiger partial charge on any atom is -0.408 e. The van der Waals surface area contributed by atoms with Gasteiger partial charge in [0.05, 0.1) is 5.52 Å². The highest BCUT2D eigenvalue weighted by molar-refractivity contribution is 6.00. The van der Waals surface area contributed by atoms with Crippen LogP contribution in [0.4, 0.5) is 0 Å². The van der Waals surface area contributed by atoms with Gasteiger partial charge in [-0.25, -0.2) is 4.79 Å². The molecule has 1 heterocycles. The van der Waals surface area contributed by atoms with Crippen molar-refractivity contribution >= 4 is 16.9 Å². The number of rotatable bonds is 6. The van der Waals surface area contributed by atoms with Gasteiger partial charge in [-0.15, -0.1) is 0 Å². The number of hydrogen-bond acceptors (Lipinski definition) is 3. The van der Waals surface area contributed by atoms with Gasteiger partial charge >= 0.3 is 5.76 Å². The maximum Gasteiger partial charge on any atom is 0.417 e. The lowest BCUT2D eigenvalue weighted by Gasteiger charge is -2.12. The Hall–Kier alpha value is -1.84. The van der Waals surface area contributed by atoms with Crippen LogP contribution in [0.1, 0.15) is 49.9 Å². The highest BCUT2D eigenvalue weighted by Crippen LogP contribution is 2.21. The van der Waals surface area contributed by atoms with E-state index in [1.807, 2.05) is 6.92 Å². The van der Waals surface area contributed by atoms with E-state index in [2.05, 4.69) is 11.9 Å². The molecule has 1 atom stereocenters. The number of carbonyl (C=O) groups is 1. The van der Waals surface area contributed by atoms with Crippen LogP contribution in [-0.2, 0) is 0 Å². The summed E-state index contributed by atoms with van der Waals surface area (Å²) in [7, 11) is 0. The van der Waals surface area contributed by atoms with E-state index in [9.17, 15) is 9.59 Å². The Bertz CT molecular complexity index is 624. The molecule has 4 heteroatoms. The summed E-state index contributed by atoms with van der Waals surface area (Å²) in [6.07, 6.45) is 3.91. The van der Waals surface area contributed by atoms with Gasteiger partial charge in [-0.2, -0.15) is 0 Å². The van der Waals surface area contributed by atoms with Crippen LogP contribution in [0.5, 0.6) is 0 Å². The lowest BCUT2D eigenvalue weighted by atomic mass is 9.90.